The fourth-order valence-corrected chi connectivity index (χ4v) is 6.15. The maximum absolute atomic E-state index is 10.3. The molecule has 0 aliphatic carbocycles. The molecule has 1 saturated heterocycles. The summed E-state index contributed by atoms with van der Waals surface area (Å²) in [6.45, 7) is 8.42. The summed E-state index contributed by atoms with van der Waals surface area (Å²) >= 11 is 5.46. The summed E-state index contributed by atoms with van der Waals surface area (Å²) in [5.74, 6) is 0.382. The molecule has 7 heteroatoms. The number of unbranched alkanes of at least 4 members (excludes halogenated alkanes) is 1. The van der Waals surface area contributed by atoms with Crippen molar-refractivity contribution in [1.82, 2.24) is 9.80 Å². The van der Waals surface area contributed by atoms with Crippen LogP contribution in [-0.4, -0.2) is 59.3 Å². The first-order chi connectivity index (χ1) is 13.1. The number of benzene rings is 1. The van der Waals surface area contributed by atoms with Gasteiger partial charge in [-0.3, -0.25) is 4.90 Å². The predicted octanol–water partition coefficient (Wildman–Crippen LogP) is 4.03. The fraction of sp³-hybridized carbons (Fsp3) is 0.550. The zero-order valence-corrected chi connectivity index (χ0v) is 18.3. The lowest BCUT2D eigenvalue weighted by atomic mass is 10.0. The monoisotopic (exact) mass is 424 g/mol. The lowest BCUT2D eigenvalue weighted by Crippen LogP contribution is -2.46. The van der Waals surface area contributed by atoms with Gasteiger partial charge in [0.15, 0.2) is 0 Å². The van der Waals surface area contributed by atoms with Crippen LogP contribution in [0, 0.1) is 10.7 Å². The molecule has 2 heterocycles. The third-order valence-corrected chi connectivity index (χ3v) is 8.47. The van der Waals surface area contributed by atoms with Gasteiger partial charge in [0.2, 0.25) is 0 Å². The van der Waals surface area contributed by atoms with Gasteiger partial charge >= 0.3 is 0 Å². The minimum Gasteiger partial charge on any atom is -0.508 e. The van der Waals surface area contributed by atoms with E-state index in [0.29, 0.717) is 5.75 Å². The molecule has 1 aromatic carbocycles. The average molecular weight is 425 g/mol. The zero-order chi connectivity index (χ0) is 19.2. The molecular weight excluding hydrogens is 396 g/mol. The van der Waals surface area contributed by atoms with Crippen molar-refractivity contribution in [3.8, 4) is 5.75 Å². The number of aliphatic hydroxyl groups excluding tert-OH is 1. The average Bonchev–Trinajstić information content (AvgIpc) is 2.98. The van der Waals surface area contributed by atoms with Gasteiger partial charge in [-0.2, -0.15) is 0 Å². The molecule has 0 unspecified atom stereocenters. The summed E-state index contributed by atoms with van der Waals surface area (Å²) in [7, 11) is 3.43. The molecule has 1 aromatic heterocycles. The smallest absolute Gasteiger partial charge is 0.120 e. The minimum absolute atomic E-state index is 0.286. The van der Waals surface area contributed by atoms with Crippen molar-refractivity contribution in [2.45, 2.75) is 32.7 Å². The van der Waals surface area contributed by atoms with E-state index >= 15 is 0 Å². The molecule has 4 nitrogen and oxygen atoms in total. The number of aromatic hydroxyl groups is 1. The molecule has 0 spiro atoms. The molecule has 0 radical (unpaired) electrons. The molecule has 1 fully saturated rings. The molecule has 3 rings (SSSR count). The molecule has 27 heavy (non-hydrogen) atoms. The second kappa shape index (κ2) is 10.1. The van der Waals surface area contributed by atoms with Crippen LogP contribution in [0.25, 0.3) is 0 Å². The number of hydrogen-bond acceptors (Lipinski definition) is 7. The second-order valence-corrected chi connectivity index (χ2v) is 10.2. The standard InChI is InChI=1S/C20H28N2O2S3/c1-15-18(20(25)27-26-15)13-16-4-5-19(24)17(12-16)14-22-9-7-21(8-10-22)6-2-3-11-23/h4-5,12,23-24H,2-3,6-11,13-14H2,1H3. The van der Waals surface area contributed by atoms with Crippen molar-refractivity contribution in [3.63, 3.8) is 0 Å². The van der Waals surface area contributed by atoms with Gasteiger partial charge in [0.1, 0.15) is 9.57 Å². The van der Waals surface area contributed by atoms with Crippen molar-refractivity contribution >= 4 is 32.9 Å². The summed E-state index contributed by atoms with van der Waals surface area (Å²) in [5.41, 5.74) is 3.47. The number of nitrogens with zero attached hydrogens (tertiary/aromatic N) is 2. The van der Waals surface area contributed by atoms with E-state index in [1.807, 2.05) is 12.1 Å². The first kappa shape index (κ1) is 20.9. The number of piperazine rings is 1. The molecule has 2 aromatic rings. The first-order valence-corrected chi connectivity index (χ1v) is 12.1. The van der Waals surface area contributed by atoms with Crippen LogP contribution in [0.5, 0.6) is 5.75 Å². The number of rotatable bonds is 8. The zero-order valence-electron chi connectivity index (χ0n) is 15.8. The number of phenols is 1. The normalized spacial score (nSPS) is 16.1. The molecular formula is C20H28N2O2S3. The van der Waals surface area contributed by atoms with Crippen LogP contribution < -0.4 is 0 Å². The number of aliphatic hydroxyl groups is 1. The van der Waals surface area contributed by atoms with E-state index < -0.39 is 0 Å². The Kier molecular flexibility index (Phi) is 7.81. The Morgan fingerprint density at radius 2 is 1.81 bits per heavy atom. The minimum atomic E-state index is 0.286. The van der Waals surface area contributed by atoms with Crippen LogP contribution in [0.1, 0.15) is 34.4 Å². The first-order valence-electron chi connectivity index (χ1n) is 9.51. The van der Waals surface area contributed by atoms with Crippen molar-refractivity contribution in [2.75, 3.05) is 39.3 Å². The van der Waals surface area contributed by atoms with Crippen LogP contribution in [0.15, 0.2) is 18.2 Å². The molecule has 0 atom stereocenters. The highest BCUT2D eigenvalue weighted by atomic mass is 32.9. The number of phenolic OH excluding ortho intramolecular Hbond substituents is 1. The van der Waals surface area contributed by atoms with E-state index in [2.05, 4.69) is 22.8 Å². The van der Waals surface area contributed by atoms with E-state index in [1.165, 1.54) is 16.0 Å². The van der Waals surface area contributed by atoms with Crippen LogP contribution >= 0.6 is 32.9 Å². The van der Waals surface area contributed by atoms with Crippen LogP contribution in [0.2, 0.25) is 0 Å². The lowest BCUT2D eigenvalue weighted by molar-refractivity contribution is 0.123. The third kappa shape index (κ3) is 5.82. The van der Waals surface area contributed by atoms with E-state index in [0.717, 1.165) is 67.9 Å². The van der Waals surface area contributed by atoms with Gasteiger partial charge in [0, 0.05) is 56.2 Å². The lowest BCUT2D eigenvalue weighted by Gasteiger charge is -2.34. The predicted molar refractivity (Wildman–Crippen MR) is 117 cm³/mol. The highest BCUT2D eigenvalue weighted by Gasteiger charge is 2.18. The van der Waals surface area contributed by atoms with Crippen LogP contribution in [0.3, 0.4) is 0 Å². The molecule has 2 N–H and O–H groups in total. The second-order valence-electron chi connectivity index (χ2n) is 7.18. The topological polar surface area (TPSA) is 46.9 Å². The van der Waals surface area contributed by atoms with Gasteiger partial charge in [0.05, 0.1) is 0 Å². The Morgan fingerprint density at radius 3 is 2.48 bits per heavy atom. The van der Waals surface area contributed by atoms with Gasteiger partial charge in [-0.1, -0.05) is 45.0 Å². The molecule has 0 amide bonds. The quantitative estimate of drug-likeness (QED) is 0.381. The Morgan fingerprint density at radius 1 is 1.07 bits per heavy atom. The van der Waals surface area contributed by atoms with Crippen molar-refractivity contribution < 1.29 is 10.2 Å². The molecule has 1 aliphatic heterocycles. The highest BCUT2D eigenvalue weighted by Crippen LogP contribution is 2.28. The van der Waals surface area contributed by atoms with E-state index in [4.69, 9.17) is 17.3 Å². The summed E-state index contributed by atoms with van der Waals surface area (Å²) < 4.78 is 0.990. The van der Waals surface area contributed by atoms with Crippen molar-refractivity contribution in [2.24, 2.45) is 0 Å². The van der Waals surface area contributed by atoms with Gasteiger partial charge in [-0.05, 0) is 43.5 Å². The highest BCUT2D eigenvalue weighted by molar-refractivity contribution is 7.79. The molecule has 148 valence electrons. The molecule has 0 bridgehead atoms. The fourth-order valence-electron chi connectivity index (χ4n) is 3.48. The Labute approximate surface area is 174 Å². The Hall–Kier alpha value is -0.830. The van der Waals surface area contributed by atoms with Gasteiger partial charge < -0.3 is 15.1 Å². The van der Waals surface area contributed by atoms with Gasteiger partial charge in [-0.15, -0.1) is 0 Å². The van der Waals surface area contributed by atoms with Crippen molar-refractivity contribution in [1.29, 1.82) is 0 Å². The molecule has 1 aliphatic rings. The Bertz CT molecular complexity index is 795. The number of aryl methyl sites for hydroxylation is 1. The maximum Gasteiger partial charge on any atom is 0.120 e. The van der Waals surface area contributed by atoms with Crippen LogP contribution in [0.4, 0.5) is 0 Å². The van der Waals surface area contributed by atoms with Crippen LogP contribution in [-0.2, 0) is 13.0 Å². The van der Waals surface area contributed by atoms with Gasteiger partial charge in [0.25, 0.3) is 0 Å². The number of hydrogen-bond donors (Lipinski definition) is 2. The summed E-state index contributed by atoms with van der Waals surface area (Å²) in [6.07, 6.45) is 2.79. The summed E-state index contributed by atoms with van der Waals surface area (Å²) in [4.78, 5) is 6.18. The SMILES string of the molecule is Cc1ssc(=S)c1Cc1ccc(O)c(CN2CCN(CCCCO)CC2)c1. The van der Waals surface area contributed by atoms with E-state index in [-0.39, 0.29) is 6.61 Å². The van der Waals surface area contributed by atoms with Crippen molar-refractivity contribution in [3.05, 3.63) is 43.6 Å². The third-order valence-electron chi connectivity index (χ3n) is 5.18. The van der Waals surface area contributed by atoms with Gasteiger partial charge in [-0.25, -0.2) is 0 Å². The molecule has 0 saturated carbocycles. The maximum atomic E-state index is 10.3. The van der Waals surface area contributed by atoms with E-state index in [9.17, 15) is 5.11 Å². The van der Waals surface area contributed by atoms with E-state index in [1.54, 1.807) is 20.7 Å². The summed E-state index contributed by atoms with van der Waals surface area (Å²) in [5, 5.41) is 19.2. The summed E-state index contributed by atoms with van der Waals surface area (Å²) in [6, 6.07) is 5.97. The Balaban J connectivity index is 1.58. The largest absolute Gasteiger partial charge is 0.508 e.